The minimum Gasteiger partial charge on any atom is -0.389 e. The van der Waals surface area contributed by atoms with Gasteiger partial charge in [0, 0.05) is 24.7 Å². The minimum absolute atomic E-state index is 0.290. The van der Waals surface area contributed by atoms with Crippen LogP contribution in [0, 0.1) is 5.82 Å². The highest BCUT2D eigenvalue weighted by Gasteiger charge is 2.31. The number of nitrogens with zero attached hydrogens (tertiary/aromatic N) is 3. The van der Waals surface area contributed by atoms with E-state index >= 15 is 0 Å². The lowest BCUT2D eigenvalue weighted by molar-refractivity contribution is 0.0108. The second-order valence-corrected chi connectivity index (χ2v) is 9.95. The van der Waals surface area contributed by atoms with Crippen LogP contribution in [0.25, 0.3) is 21.8 Å². The van der Waals surface area contributed by atoms with Crippen LogP contribution < -0.4 is 10.6 Å². The molecule has 3 heterocycles. The summed E-state index contributed by atoms with van der Waals surface area (Å²) in [6, 6.07) is 18.5. The lowest BCUT2D eigenvalue weighted by Crippen LogP contribution is -2.43. The fourth-order valence-electron chi connectivity index (χ4n) is 4.30. The van der Waals surface area contributed by atoms with Crippen LogP contribution in [0.1, 0.15) is 23.4 Å². The zero-order chi connectivity index (χ0) is 24.1. The van der Waals surface area contributed by atoms with Crippen LogP contribution in [0.2, 0.25) is 0 Å². The van der Waals surface area contributed by atoms with Crippen molar-refractivity contribution < 1.29 is 9.50 Å². The van der Waals surface area contributed by atoms with Gasteiger partial charge in [-0.05, 0) is 68.2 Å². The van der Waals surface area contributed by atoms with Gasteiger partial charge >= 0.3 is 0 Å². The summed E-state index contributed by atoms with van der Waals surface area (Å²) in [7, 11) is 0. The molecule has 0 radical (unpaired) electrons. The fraction of sp³-hybridized carbons (Fsp3) is 0.296. The SMILES string of the molecule is OC1(Cc2nc(-c3ccc(F)cc3)c(-c3ccnc(NCCc4ccccc4)n3)s2)CCNCC1. The number of nitrogens with one attached hydrogen (secondary N) is 2. The normalized spacial score (nSPS) is 15.1. The molecule has 2 aromatic heterocycles. The van der Waals surface area contributed by atoms with Crippen molar-refractivity contribution in [1.29, 1.82) is 0 Å². The summed E-state index contributed by atoms with van der Waals surface area (Å²) >= 11 is 1.53. The van der Waals surface area contributed by atoms with Gasteiger partial charge in [-0.1, -0.05) is 30.3 Å². The van der Waals surface area contributed by atoms with E-state index in [1.807, 2.05) is 24.3 Å². The van der Waals surface area contributed by atoms with Gasteiger partial charge in [-0.25, -0.2) is 19.3 Å². The molecule has 0 atom stereocenters. The molecule has 3 N–H and O–H groups in total. The first-order chi connectivity index (χ1) is 17.1. The number of hydrogen-bond acceptors (Lipinski definition) is 7. The number of anilines is 1. The number of piperidine rings is 1. The van der Waals surface area contributed by atoms with Crippen LogP contribution in [0.3, 0.4) is 0 Å². The maximum atomic E-state index is 13.6. The standard InChI is InChI=1S/C27H28FN5OS/c28-21-8-6-20(7-9-21)24-25(35-23(33-24)18-27(34)12-16-29-17-13-27)22-11-15-31-26(32-22)30-14-10-19-4-2-1-3-5-19/h1-9,11,15,29,34H,10,12-14,16-18H2,(H,30,31,32). The van der Waals surface area contributed by atoms with E-state index in [-0.39, 0.29) is 5.82 Å². The topological polar surface area (TPSA) is 83.0 Å². The van der Waals surface area contributed by atoms with Crippen LogP contribution in [0.15, 0.2) is 66.9 Å². The van der Waals surface area contributed by atoms with Crippen molar-refractivity contribution in [3.05, 3.63) is 83.2 Å². The van der Waals surface area contributed by atoms with Gasteiger partial charge in [0.15, 0.2) is 0 Å². The highest BCUT2D eigenvalue weighted by Crippen LogP contribution is 2.38. The molecule has 0 amide bonds. The Kier molecular flexibility index (Phi) is 7.13. The summed E-state index contributed by atoms with van der Waals surface area (Å²) in [4.78, 5) is 14.9. The van der Waals surface area contributed by atoms with Gasteiger partial charge < -0.3 is 15.7 Å². The fourth-order valence-corrected chi connectivity index (χ4v) is 5.49. The Labute approximate surface area is 208 Å². The zero-order valence-electron chi connectivity index (χ0n) is 19.4. The molecule has 35 heavy (non-hydrogen) atoms. The first-order valence-electron chi connectivity index (χ1n) is 11.9. The first-order valence-corrected chi connectivity index (χ1v) is 12.7. The summed E-state index contributed by atoms with van der Waals surface area (Å²) in [6.07, 6.45) is 4.48. The van der Waals surface area contributed by atoms with Gasteiger partial charge in [-0.3, -0.25) is 0 Å². The van der Waals surface area contributed by atoms with Gasteiger partial charge in [0.2, 0.25) is 5.95 Å². The molecule has 5 rings (SSSR count). The number of aliphatic hydroxyl groups is 1. The van der Waals surface area contributed by atoms with E-state index in [4.69, 9.17) is 9.97 Å². The molecule has 180 valence electrons. The molecule has 1 saturated heterocycles. The average molecular weight is 490 g/mol. The van der Waals surface area contributed by atoms with Crippen molar-refractivity contribution in [2.75, 3.05) is 25.0 Å². The summed E-state index contributed by atoms with van der Waals surface area (Å²) in [5, 5.41) is 18.5. The Morgan fingerprint density at radius 2 is 1.77 bits per heavy atom. The molecular formula is C27H28FN5OS. The van der Waals surface area contributed by atoms with Crippen LogP contribution in [0.4, 0.5) is 10.3 Å². The molecule has 0 saturated carbocycles. The maximum Gasteiger partial charge on any atom is 0.223 e. The van der Waals surface area contributed by atoms with E-state index in [2.05, 4.69) is 27.8 Å². The number of rotatable bonds is 8. The molecule has 0 aliphatic carbocycles. The van der Waals surface area contributed by atoms with Crippen molar-refractivity contribution >= 4 is 17.3 Å². The lowest BCUT2D eigenvalue weighted by atomic mass is 9.89. The molecule has 1 aliphatic rings. The molecule has 1 aliphatic heterocycles. The van der Waals surface area contributed by atoms with Crippen LogP contribution >= 0.6 is 11.3 Å². The number of thiazole rings is 1. The molecule has 1 fully saturated rings. The third-order valence-electron chi connectivity index (χ3n) is 6.23. The predicted molar refractivity (Wildman–Crippen MR) is 138 cm³/mol. The highest BCUT2D eigenvalue weighted by molar-refractivity contribution is 7.15. The van der Waals surface area contributed by atoms with Crippen molar-refractivity contribution in [2.24, 2.45) is 0 Å². The summed E-state index contributed by atoms with van der Waals surface area (Å²) in [5.41, 5.74) is 2.80. The monoisotopic (exact) mass is 489 g/mol. The number of aromatic nitrogens is 3. The molecule has 0 spiro atoms. The molecule has 0 unspecified atom stereocenters. The van der Waals surface area contributed by atoms with Crippen molar-refractivity contribution in [1.82, 2.24) is 20.3 Å². The van der Waals surface area contributed by atoms with Crippen LogP contribution in [-0.2, 0) is 12.8 Å². The summed E-state index contributed by atoms with van der Waals surface area (Å²) in [5.74, 6) is 0.261. The van der Waals surface area contributed by atoms with E-state index in [1.54, 1.807) is 18.3 Å². The first kappa shape index (κ1) is 23.5. The molecule has 8 heteroatoms. The Hall–Kier alpha value is -3.20. The molecular weight excluding hydrogens is 461 g/mol. The molecule has 4 aromatic rings. The van der Waals surface area contributed by atoms with E-state index < -0.39 is 5.60 Å². The Bertz CT molecular complexity index is 1260. The Balaban J connectivity index is 1.41. The molecule has 0 bridgehead atoms. The van der Waals surface area contributed by atoms with Crippen molar-refractivity contribution in [2.45, 2.75) is 31.3 Å². The largest absolute Gasteiger partial charge is 0.389 e. The van der Waals surface area contributed by atoms with Gasteiger partial charge in [0.05, 0.1) is 26.9 Å². The zero-order valence-corrected chi connectivity index (χ0v) is 20.2. The van der Waals surface area contributed by atoms with E-state index in [1.165, 1.54) is 29.0 Å². The smallest absolute Gasteiger partial charge is 0.223 e. The van der Waals surface area contributed by atoms with Crippen LogP contribution in [0.5, 0.6) is 0 Å². The van der Waals surface area contributed by atoms with E-state index in [0.29, 0.717) is 31.8 Å². The van der Waals surface area contributed by atoms with E-state index in [9.17, 15) is 9.50 Å². The summed E-state index contributed by atoms with van der Waals surface area (Å²) in [6.45, 7) is 2.31. The Morgan fingerprint density at radius 3 is 2.54 bits per heavy atom. The maximum absolute atomic E-state index is 13.6. The van der Waals surface area contributed by atoms with Gasteiger partial charge in [-0.2, -0.15) is 0 Å². The van der Waals surface area contributed by atoms with Gasteiger partial charge in [0.25, 0.3) is 0 Å². The summed E-state index contributed by atoms with van der Waals surface area (Å²) < 4.78 is 13.6. The molecule has 6 nitrogen and oxygen atoms in total. The minimum atomic E-state index is -0.768. The van der Waals surface area contributed by atoms with Crippen molar-refractivity contribution in [3.63, 3.8) is 0 Å². The van der Waals surface area contributed by atoms with Gasteiger partial charge in [-0.15, -0.1) is 11.3 Å². The van der Waals surface area contributed by atoms with E-state index in [0.717, 1.165) is 46.3 Å². The van der Waals surface area contributed by atoms with Gasteiger partial charge in [0.1, 0.15) is 5.82 Å². The number of hydrogen-bond donors (Lipinski definition) is 3. The predicted octanol–water partition coefficient (Wildman–Crippen LogP) is 4.72. The third kappa shape index (κ3) is 5.90. The number of halogens is 1. The second kappa shape index (κ2) is 10.6. The number of benzene rings is 2. The average Bonchev–Trinajstić information content (AvgIpc) is 3.29. The third-order valence-corrected chi connectivity index (χ3v) is 7.31. The van der Waals surface area contributed by atoms with Crippen molar-refractivity contribution in [3.8, 4) is 21.8 Å². The Morgan fingerprint density at radius 1 is 1.00 bits per heavy atom. The quantitative estimate of drug-likeness (QED) is 0.332. The second-order valence-electron chi connectivity index (χ2n) is 8.87. The van der Waals surface area contributed by atoms with Crippen LogP contribution in [-0.4, -0.2) is 45.3 Å². The highest BCUT2D eigenvalue weighted by atomic mass is 32.1. The lowest BCUT2D eigenvalue weighted by Gasteiger charge is -2.31. The molecule has 2 aromatic carbocycles.